The minimum Gasteiger partial charge on any atom is -0.404 e. The summed E-state index contributed by atoms with van der Waals surface area (Å²) in [5.74, 6) is -3.12. The van der Waals surface area contributed by atoms with E-state index in [1.165, 1.54) is 18.2 Å². The molecule has 7 atom stereocenters. The maximum Gasteiger partial charge on any atom is 0.481 e. The summed E-state index contributed by atoms with van der Waals surface area (Å²) in [6, 6.07) is 2.13. The van der Waals surface area contributed by atoms with Crippen LogP contribution in [-0.4, -0.2) is 77.2 Å². The molecule has 2 saturated heterocycles. The van der Waals surface area contributed by atoms with Crippen LogP contribution in [0.15, 0.2) is 18.2 Å². The summed E-state index contributed by atoms with van der Waals surface area (Å²) < 4.78 is 13.1. The fourth-order valence-corrected chi connectivity index (χ4v) is 8.17. The molecule has 2 bridgehead atoms. The Bertz CT molecular complexity index is 1500. The van der Waals surface area contributed by atoms with Crippen molar-refractivity contribution in [1.29, 1.82) is 0 Å². The number of carbonyl (C=O) groups is 6. The van der Waals surface area contributed by atoms with E-state index in [1.54, 1.807) is 6.92 Å². The van der Waals surface area contributed by atoms with Gasteiger partial charge in [0.1, 0.15) is 12.1 Å². The Morgan fingerprint density at radius 1 is 1.07 bits per heavy atom. The average molecular weight is 621 g/mol. The fourth-order valence-electron chi connectivity index (χ4n) is 8.17. The molecule has 3 N–H and O–H groups in total. The Morgan fingerprint density at radius 3 is 2.47 bits per heavy atom. The lowest BCUT2D eigenvalue weighted by Crippen LogP contribution is -2.65. The zero-order valence-electron chi connectivity index (χ0n) is 26.6. The normalized spacial score (nSPS) is 31.2. The van der Waals surface area contributed by atoms with Crippen LogP contribution in [0.2, 0.25) is 0 Å². The van der Waals surface area contributed by atoms with E-state index < -0.39 is 66.2 Å². The molecule has 3 aliphatic carbocycles. The second kappa shape index (κ2) is 11.0. The van der Waals surface area contributed by atoms with Crippen LogP contribution in [0.3, 0.4) is 0 Å². The first kappa shape index (κ1) is 31.4. The first-order chi connectivity index (χ1) is 21.1. The van der Waals surface area contributed by atoms with Crippen LogP contribution in [0.4, 0.5) is 0 Å². The fraction of sp³-hybridized carbons (Fsp3) is 0.625. The second-order valence-electron chi connectivity index (χ2n) is 14.5. The van der Waals surface area contributed by atoms with Crippen LogP contribution in [0.25, 0.3) is 0 Å². The number of amides is 6. The Hall–Kier alpha value is -3.58. The number of carbonyl (C=O) groups excluding carboxylic acids is 6. The second-order valence-corrected chi connectivity index (χ2v) is 14.5. The maximum atomic E-state index is 13.5. The van der Waals surface area contributed by atoms with Crippen LogP contribution in [0.1, 0.15) is 105 Å². The number of nitrogens with zero attached hydrogens (tertiary/aromatic N) is 1. The third-order valence-electron chi connectivity index (χ3n) is 10.8. The van der Waals surface area contributed by atoms with E-state index in [0.29, 0.717) is 18.3 Å². The largest absolute Gasteiger partial charge is 0.481 e. The van der Waals surface area contributed by atoms with Crippen molar-refractivity contribution in [3.8, 4) is 0 Å². The van der Waals surface area contributed by atoms with Gasteiger partial charge < -0.3 is 19.9 Å². The molecule has 12 nitrogen and oxygen atoms in total. The molecule has 3 aliphatic heterocycles. The highest BCUT2D eigenvalue weighted by Crippen LogP contribution is 2.65. The molecule has 13 heteroatoms. The number of hydrogen-bond donors (Lipinski definition) is 3. The molecule has 45 heavy (non-hydrogen) atoms. The minimum absolute atomic E-state index is 0.000265. The van der Waals surface area contributed by atoms with Gasteiger partial charge >= 0.3 is 7.12 Å². The van der Waals surface area contributed by atoms with Crippen molar-refractivity contribution in [1.82, 2.24) is 20.9 Å². The highest BCUT2D eigenvalue weighted by Gasteiger charge is 2.68. The topological polar surface area (TPSA) is 160 Å². The van der Waals surface area contributed by atoms with Crippen LogP contribution < -0.4 is 16.0 Å². The van der Waals surface area contributed by atoms with Gasteiger partial charge in [-0.25, -0.2) is 0 Å². The molecule has 0 aromatic heterocycles. The molecule has 6 aliphatic rings. The number of benzene rings is 1. The quantitative estimate of drug-likeness (QED) is 0.294. The van der Waals surface area contributed by atoms with E-state index >= 15 is 0 Å². The molecule has 3 heterocycles. The van der Waals surface area contributed by atoms with Gasteiger partial charge in [0.25, 0.3) is 17.7 Å². The summed E-state index contributed by atoms with van der Waals surface area (Å²) >= 11 is 0. The Morgan fingerprint density at radius 2 is 1.80 bits per heavy atom. The number of fused-ring (bicyclic) bond motifs is 1. The Kier molecular flexibility index (Phi) is 7.71. The van der Waals surface area contributed by atoms with Crippen molar-refractivity contribution < 1.29 is 38.1 Å². The number of rotatable bonds is 8. The van der Waals surface area contributed by atoms with Crippen LogP contribution in [0, 0.1) is 23.2 Å². The average Bonchev–Trinajstić information content (AvgIpc) is 3.45. The van der Waals surface area contributed by atoms with E-state index in [9.17, 15) is 28.8 Å². The molecule has 1 unspecified atom stereocenters. The smallest absolute Gasteiger partial charge is 0.404 e. The minimum atomic E-state index is -1.16. The zero-order valence-corrected chi connectivity index (χ0v) is 26.6. The number of nitrogens with one attached hydrogen (secondary N) is 3. The molecule has 1 aromatic carbocycles. The van der Waals surface area contributed by atoms with Crippen LogP contribution in [-0.2, 0) is 23.7 Å². The summed E-state index contributed by atoms with van der Waals surface area (Å²) in [6.07, 6.45) is 2.59. The summed E-state index contributed by atoms with van der Waals surface area (Å²) in [5, 5.41) is 7.86. The van der Waals surface area contributed by atoms with Gasteiger partial charge in [0.15, 0.2) is 0 Å². The monoisotopic (exact) mass is 620 g/mol. The molecule has 0 spiro atoms. The Balaban J connectivity index is 1.14. The van der Waals surface area contributed by atoms with Crippen molar-refractivity contribution in [3.05, 3.63) is 34.9 Å². The molecular weight excluding hydrogens is 579 g/mol. The number of imide groups is 2. The molecule has 1 aromatic rings. The number of hydrogen-bond acceptors (Lipinski definition) is 8. The Labute approximate surface area is 262 Å². The van der Waals surface area contributed by atoms with Gasteiger partial charge in [-0.1, -0.05) is 33.8 Å². The third kappa shape index (κ3) is 5.08. The van der Waals surface area contributed by atoms with Crippen molar-refractivity contribution in [2.24, 2.45) is 23.2 Å². The first-order valence-electron chi connectivity index (χ1n) is 15.9. The summed E-state index contributed by atoms with van der Waals surface area (Å²) in [4.78, 5) is 78.4. The van der Waals surface area contributed by atoms with Crippen molar-refractivity contribution >= 4 is 42.6 Å². The predicted molar refractivity (Wildman–Crippen MR) is 162 cm³/mol. The summed E-state index contributed by atoms with van der Waals surface area (Å²) in [5.41, 5.74) is -0.484. The van der Waals surface area contributed by atoms with Gasteiger partial charge in [-0.2, -0.15) is 0 Å². The first-order valence-corrected chi connectivity index (χ1v) is 15.9. The van der Waals surface area contributed by atoms with Gasteiger partial charge in [0, 0.05) is 6.42 Å². The lowest BCUT2D eigenvalue weighted by molar-refractivity contribution is -0.199. The van der Waals surface area contributed by atoms with Crippen molar-refractivity contribution in [2.75, 3.05) is 0 Å². The van der Waals surface area contributed by atoms with E-state index in [0.717, 1.165) is 17.7 Å². The molecule has 0 radical (unpaired) electrons. The van der Waals surface area contributed by atoms with Gasteiger partial charge in [-0.05, 0) is 74.8 Å². The summed E-state index contributed by atoms with van der Waals surface area (Å²) in [7, 11) is -0.622. The van der Waals surface area contributed by atoms with Gasteiger partial charge in [-0.15, -0.1) is 0 Å². The number of piperidine rings is 1. The highest BCUT2D eigenvalue weighted by molar-refractivity contribution is 6.48. The van der Waals surface area contributed by atoms with E-state index in [-0.39, 0.29) is 47.0 Å². The predicted octanol–water partition coefficient (Wildman–Crippen LogP) is 2.00. The molecular formula is C32H41BN4O8. The van der Waals surface area contributed by atoms with Gasteiger partial charge in [-0.3, -0.25) is 39.0 Å². The standard InChI is InChI=1S/C32H41BN4O8/c1-15(2)12-23(33-44-22-14-17-13-21(31(17,4)5)32(22,6)45-33)35-26(39)16(3)34-27(40)18-8-7-9-19-25(18)30(43)37(29(19)42)20-10-11-24(38)36-28(20)41/h7-9,15-17,20-23H,10-14H2,1-6H3,(H,34,40)(H,35,39)(H,36,38,41)/t16-,17-,20?,21-,22+,23-,32-/m0/s1. The van der Waals surface area contributed by atoms with Crippen LogP contribution in [0.5, 0.6) is 0 Å². The third-order valence-corrected chi connectivity index (χ3v) is 10.8. The van der Waals surface area contributed by atoms with E-state index in [1.807, 2.05) is 0 Å². The highest BCUT2D eigenvalue weighted by atomic mass is 16.7. The van der Waals surface area contributed by atoms with Gasteiger partial charge in [0.2, 0.25) is 17.7 Å². The molecule has 7 rings (SSSR count). The van der Waals surface area contributed by atoms with Crippen LogP contribution >= 0.6 is 0 Å². The van der Waals surface area contributed by atoms with E-state index in [2.05, 4.69) is 50.6 Å². The lowest BCUT2D eigenvalue weighted by Gasteiger charge is -2.64. The zero-order chi connectivity index (χ0) is 32.6. The molecule has 5 fully saturated rings. The lowest BCUT2D eigenvalue weighted by atomic mass is 9.43. The maximum absolute atomic E-state index is 13.5. The van der Waals surface area contributed by atoms with Gasteiger partial charge in [0.05, 0.1) is 34.3 Å². The van der Waals surface area contributed by atoms with Crippen molar-refractivity contribution in [3.63, 3.8) is 0 Å². The molecule has 3 saturated carbocycles. The van der Waals surface area contributed by atoms with Crippen molar-refractivity contribution in [2.45, 2.75) is 103 Å². The SMILES string of the molecule is CC(C)C[C@H](NC(=O)[C@H](C)NC(=O)c1cccc2c1C(=O)N(C1CCC(=O)NC1=O)C2=O)B1O[C@@H]2C[C@@H]3C[C@@H](C3(C)C)[C@]2(C)O1. The molecule has 6 amide bonds. The summed E-state index contributed by atoms with van der Waals surface area (Å²) in [6.45, 7) is 12.4. The molecule has 240 valence electrons. The van der Waals surface area contributed by atoms with E-state index in [4.69, 9.17) is 9.31 Å².